The van der Waals surface area contributed by atoms with Crippen molar-refractivity contribution >= 4 is 40.0 Å². The summed E-state index contributed by atoms with van der Waals surface area (Å²) in [6.45, 7) is 0. The molecule has 19 heavy (non-hydrogen) atoms. The Morgan fingerprint density at radius 2 is 1.89 bits per heavy atom. The van der Waals surface area contributed by atoms with Crippen LogP contribution in [0.3, 0.4) is 0 Å². The number of fused-ring (bicyclic) bond motifs is 1. The second-order valence-corrected chi connectivity index (χ2v) is 4.49. The molecule has 2 N–H and O–H groups in total. The minimum absolute atomic E-state index is 0.331. The molecule has 0 unspecified atom stereocenters. The number of hydrogen-bond acceptors (Lipinski definition) is 4. The zero-order chi connectivity index (χ0) is 13.1. The Kier molecular flexibility index (Phi) is 3.07. The third-order valence-electron chi connectivity index (χ3n) is 2.61. The van der Waals surface area contributed by atoms with E-state index < -0.39 is 0 Å². The van der Waals surface area contributed by atoms with E-state index in [1.165, 1.54) is 6.20 Å². The average molecular weight is 270 g/mol. The summed E-state index contributed by atoms with van der Waals surface area (Å²) in [5, 5.41) is 7.58. The number of benzene rings is 2. The monoisotopic (exact) mass is 270 g/mol. The minimum Gasteiger partial charge on any atom is -0.308 e. The first kappa shape index (κ1) is 11.6. The number of aromatic nitrogens is 2. The Balaban J connectivity index is 1.75. The Labute approximate surface area is 113 Å². The number of carbonyl (C=O) groups excluding carboxylic acids is 1. The summed E-state index contributed by atoms with van der Waals surface area (Å²) in [5.41, 5.74) is 0.736. The molecular formula is C13H10N4OS. The number of rotatable bonds is 2. The second kappa shape index (κ2) is 5.03. The van der Waals surface area contributed by atoms with Crippen LogP contribution in [0.1, 0.15) is 0 Å². The number of nitrogens with zero attached hydrogens (tertiary/aromatic N) is 2. The fourth-order valence-corrected chi connectivity index (χ4v) is 2.14. The maximum atomic E-state index is 11.7. The molecule has 1 aromatic heterocycles. The van der Waals surface area contributed by atoms with Gasteiger partial charge >= 0.3 is 6.03 Å². The van der Waals surface area contributed by atoms with Gasteiger partial charge in [-0.2, -0.15) is 8.75 Å². The smallest absolute Gasteiger partial charge is 0.308 e. The van der Waals surface area contributed by atoms with Crippen molar-refractivity contribution in [2.45, 2.75) is 0 Å². The van der Waals surface area contributed by atoms with Crippen LogP contribution < -0.4 is 10.6 Å². The number of carbonyl (C=O) groups is 1. The van der Waals surface area contributed by atoms with E-state index in [1.807, 2.05) is 42.5 Å². The van der Waals surface area contributed by atoms with Gasteiger partial charge in [0.1, 0.15) is 0 Å². The third kappa shape index (κ3) is 2.69. The maximum absolute atomic E-state index is 11.7. The van der Waals surface area contributed by atoms with Crippen molar-refractivity contribution in [3.63, 3.8) is 0 Å². The predicted octanol–water partition coefficient (Wildman–Crippen LogP) is 3.34. The van der Waals surface area contributed by atoms with Crippen molar-refractivity contribution in [1.82, 2.24) is 8.75 Å². The predicted molar refractivity (Wildman–Crippen MR) is 76.5 cm³/mol. The van der Waals surface area contributed by atoms with Crippen molar-refractivity contribution in [1.29, 1.82) is 0 Å². The van der Waals surface area contributed by atoms with Crippen LogP contribution in [0.5, 0.6) is 0 Å². The largest absolute Gasteiger partial charge is 0.324 e. The van der Waals surface area contributed by atoms with Gasteiger partial charge in [-0.3, -0.25) is 5.32 Å². The normalized spacial score (nSPS) is 10.3. The van der Waals surface area contributed by atoms with Crippen molar-refractivity contribution < 1.29 is 4.79 Å². The van der Waals surface area contributed by atoms with Gasteiger partial charge in [0, 0.05) is 5.69 Å². The first-order valence-corrected chi connectivity index (χ1v) is 6.39. The van der Waals surface area contributed by atoms with Gasteiger partial charge in [0.2, 0.25) is 0 Å². The lowest BCUT2D eigenvalue weighted by atomic mass is 10.1. The first-order chi connectivity index (χ1) is 9.31. The molecule has 0 fully saturated rings. The van der Waals surface area contributed by atoms with E-state index in [9.17, 15) is 4.79 Å². The van der Waals surface area contributed by atoms with Crippen LogP contribution in [0.15, 0.2) is 48.7 Å². The Hall–Kier alpha value is -2.47. The average Bonchev–Trinajstić information content (AvgIpc) is 2.91. The molecule has 0 atom stereocenters. The quantitative estimate of drug-likeness (QED) is 0.750. The van der Waals surface area contributed by atoms with Crippen molar-refractivity contribution in [2.24, 2.45) is 0 Å². The van der Waals surface area contributed by atoms with Crippen molar-refractivity contribution in [3.05, 3.63) is 48.7 Å². The number of nitrogens with one attached hydrogen (secondary N) is 2. The van der Waals surface area contributed by atoms with Gasteiger partial charge in [-0.05, 0) is 22.9 Å². The Bertz CT molecular complexity index is 711. The van der Waals surface area contributed by atoms with E-state index in [0.29, 0.717) is 5.82 Å². The summed E-state index contributed by atoms with van der Waals surface area (Å²) in [6.07, 6.45) is 1.50. The summed E-state index contributed by atoms with van der Waals surface area (Å²) in [4.78, 5) is 11.7. The number of amides is 2. The van der Waals surface area contributed by atoms with Gasteiger partial charge in [-0.1, -0.05) is 30.3 Å². The number of anilines is 2. The maximum Gasteiger partial charge on any atom is 0.324 e. The molecule has 0 bridgehead atoms. The molecule has 0 aliphatic heterocycles. The highest BCUT2D eigenvalue weighted by atomic mass is 32.1. The molecule has 6 heteroatoms. The van der Waals surface area contributed by atoms with Gasteiger partial charge in [0.05, 0.1) is 17.9 Å². The molecule has 0 aliphatic carbocycles. The Morgan fingerprint density at radius 1 is 1.05 bits per heavy atom. The highest BCUT2D eigenvalue weighted by Crippen LogP contribution is 2.18. The molecule has 3 rings (SSSR count). The van der Waals surface area contributed by atoms with Gasteiger partial charge in [-0.25, -0.2) is 4.79 Å². The summed E-state index contributed by atoms with van der Waals surface area (Å²) in [7, 11) is 0. The summed E-state index contributed by atoms with van der Waals surface area (Å²) >= 11 is 1.05. The van der Waals surface area contributed by atoms with Crippen molar-refractivity contribution in [3.8, 4) is 0 Å². The standard InChI is InChI=1S/C13H10N4OS/c18-13(16-12-8-14-19-17-12)15-11-6-5-9-3-1-2-4-10(9)7-11/h1-8H,(H2,15,16,17,18). The minimum atomic E-state index is -0.331. The molecule has 0 saturated heterocycles. The summed E-state index contributed by atoms with van der Waals surface area (Å²) < 4.78 is 7.72. The highest BCUT2D eigenvalue weighted by molar-refractivity contribution is 6.99. The second-order valence-electron chi connectivity index (χ2n) is 3.93. The Morgan fingerprint density at radius 3 is 2.68 bits per heavy atom. The zero-order valence-corrected chi connectivity index (χ0v) is 10.6. The summed E-state index contributed by atoms with van der Waals surface area (Å²) in [6, 6.07) is 13.4. The van der Waals surface area contributed by atoms with Crippen LogP contribution in [-0.4, -0.2) is 14.8 Å². The zero-order valence-electron chi connectivity index (χ0n) is 9.83. The molecule has 94 valence electrons. The van der Waals surface area contributed by atoms with Crippen LogP contribution in [-0.2, 0) is 0 Å². The van der Waals surface area contributed by atoms with E-state index >= 15 is 0 Å². The van der Waals surface area contributed by atoms with Crippen molar-refractivity contribution in [2.75, 3.05) is 10.6 Å². The molecule has 2 amide bonds. The van der Waals surface area contributed by atoms with Crippen LogP contribution >= 0.6 is 11.7 Å². The van der Waals surface area contributed by atoms with Crippen LogP contribution in [0.2, 0.25) is 0 Å². The fourth-order valence-electron chi connectivity index (χ4n) is 1.77. The van der Waals surface area contributed by atoms with Gasteiger partial charge in [0.25, 0.3) is 0 Å². The third-order valence-corrected chi connectivity index (χ3v) is 3.09. The molecule has 5 nitrogen and oxygen atoms in total. The molecule has 0 radical (unpaired) electrons. The molecule has 0 spiro atoms. The van der Waals surface area contributed by atoms with E-state index in [-0.39, 0.29) is 6.03 Å². The molecule has 0 aliphatic rings. The topological polar surface area (TPSA) is 66.9 Å². The molecular weight excluding hydrogens is 260 g/mol. The van der Waals surface area contributed by atoms with Gasteiger partial charge in [0.15, 0.2) is 5.82 Å². The van der Waals surface area contributed by atoms with Gasteiger partial charge in [-0.15, -0.1) is 0 Å². The molecule has 2 aromatic carbocycles. The highest BCUT2D eigenvalue weighted by Gasteiger charge is 2.04. The first-order valence-electron chi connectivity index (χ1n) is 5.66. The lowest BCUT2D eigenvalue weighted by Crippen LogP contribution is -2.19. The molecule has 0 saturated carbocycles. The van der Waals surface area contributed by atoms with E-state index in [2.05, 4.69) is 19.4 Å². The molecule has 3 aromatic rings. The SMILES string of the molecule is O=C(Nc1ccc2ccccc2c1)Nc1cnsn1. The van der Waals surface area contributed by atoms with Crippen LogP contribution in [0.25, 0.3) is 10.8 Å². The van der Waals surface area contributed by atoms with Gasteiger partial charge < -0.3 is 5.32 Å². The van der Waals surface area contributed by atoms with Crippen LogP contribution in [0.4, 0.5) is 16.3 Å². The van der Waals surface area contributed by atoms with Crippen LogP contribution in [0, 0.1) is 0 Å². The summed E-state index contributed by atoms with van der Waals surface area (Å²) in [5.74, 6) is 0.447. The lowest BCUT2D eigenvalue weighted by Gasteiger charge is -2.06. The lowest BCUT2D eigenvalue weighted by molar-refractivity contribution is 0.262. The molecule has 1 heterocycles. The number of hydrogen-bond donors (Lipinski definition) is 2. The number of urea groups is 1. The fraction of sp³-hybridized carbons (Fsp3) is 0. The van der Waals surface area contributed by atoms with E-state index in [1.54, 1.807) is 0 Å². The van der Waals surface area contributed by atoms with E-state index in [4.69, 9.17) is 0 Å². The van der Waals surface area contributed by atoms with E-state index in [0.717, 1.165) is 28.2 Å².